The molecular formula is C24H37N3O5. The highest BCUT2D eigenvalue weighted by atomic mass is 16.6. The zero-order valence-corrected chi connectivity index (χ0v) is 20.0. The molecule has 2 atom stereocenters. The second-order valence-electron chi connectivity index (χ2n) is 10.4. The van der Waals surface area contributed by atoms with E-state index >= 15 is 0 Å². The first-order chi connectivity index (χ1) is 14.8. The van der Waals surface area contributed by atoms with Gasteiger partial charge in [0.15, 0.2) is 0 Å². The number of hydrogen-bond donors (Lipinski definition) is 3. The summed E-state index contributed by atoms with van der Waals surface area (Å²) in [6.45, 7) is 12.7. The molecular weight excluding hydrogens is 410 g/mol. The molecule has 8 heteroatoms. The first kappa shape index (κ1) is 25.6. The highest BCUT2D eigenvalue weighted by Gasteiger charge is 2.36. The van der Waals surface area contributed by atoms with Gasteiger partial charge in [0, 0.05) is 37.5 Å². The van der Waals surface area contributed by atoms with Crippen molar-refractivity contribution in [2.75, 3.05) is 26.2 Å². The van der Waals surface area contributed by atoms with Crippen LogP contribution in [0.2, 0.25) is 0 Å². The molecule has 0 aromatic heterocycles. The molecule has 178 valence electrons. The molecule has 3 N–H and O–H groups in total. The smallest absolute Gasteiger partial charge is 0.410 e. The average Bonchev–Trinajstić information content (AvgIpc) is 3.05. The van der Waals surface area contributed by atoms with E-state index in [1.165, 1.54) is 4.90 Å². The summed E-state index contributed by atoms with van der Waals surface area (Å²) in [4.78, 5) is 38.0. The molecule has 1 heterocycles. The van der Waals surface area contributed by atoms with Gasteiger partial charge in [0.2, 0.25) is 5.91 Å². The van der Waals surface area contributed by atoms with Crippen molar-refractivity contribution in [2.45, 2.75) is 65.1 Å². The molecule has 0 spiro atoms. The summed E-state index contributed by atoms with van der Waals surface area (Å²) in [5.74, 6) is -0.712. The summed E-state index contributed by atoms with van der Waals surface area (Å²) in [7, 11) is 0. The molecule has 32 heavy (non-hydrogen) atoms. The fourth-order valence-electron chi connectivity index (χ4n) is 3.38. The van der Waals surface area contributed by atoms with Gasteiger partial charge in [-0.2, -0.15) is 0 Å². The van der Waals surface area contributed by atoms with Crippen molar-refractivity contribution in [3.8, 4) is 0 Å². The van der Waals surface area contributed by atoms with Crippen LogP contribution in [0.15, 0.2) is 24.3 Å². The normalized spacial score (nSPS) is 18.9. The van der Waals surface area contributed by atoms with E-state index in [9.17, 15) is 19.5 Å². The number of β-amino-alcohol motifs (C(OH)–C–C–N with tert-alkyl or cyclic N) is 1. The van der Waals surface area contributed by atoms with E-state index in [0.717, 1.165) is 5.56 Å². The Hall–Kier alpha value is -2.61. The Balaban J connectivity index is 1.71. The van der Waals surface area contributed by atoms with Gasteiger partial charge in [0.1, 0.15) is 5.60 Å². The van der Waals surface area contributed by atoms with E-state index in [4.69, 9.17) is 4.74 Å². The molecule has 1 aromatic rings. The van der Waals surface area contributed by atoms with Gasteiger partial charge in [-0.3, -0.25) is 9.59 Å². The van der Waals surface area contributed by atoms with Crippen molar-refractivity contribution in [3.63, 3.8) is 0 Å². The number of benzene rings is 1. The third-order valence-corrected chi connectivity index (χ3v) is 5.27. The van der Waals surface area contributed by atoms with Gasteiger partial charge in [-0.15, -0.1) is 0 Å². The van der Waals surface area contributed by atoms with E-state index in [1.807, 2.05) is 12.1 Å². The van der Waals surface area contributed by atoms with Gasteiger partial charge in [0.05, 0.1) is 12.6 Å². The lowest BCUT2D eigenvalue weighted by molar-refractivity contribution is -0.121. The van der Waals surface area contributed by atoms with Crippen molar-refractivity contribution < 1.29 is 24.2 Å². The molecule has 1 aliphatic heterocycles. The van der Waals surface area contributed by atoms with Gasteiger partial charge in [-0.05, 0) is 43.9 Å². The average molecular weight is 448 g/mol. The Labute approximate surface area is 190 Å². The van der Waals surface area contributed by atoms with Gasteiger partial charge < -0.3 is 25.4 Å². The van der Waals surface area contributed by atoms with Gasteiger partial charge in [-0.25, -0.2) is 4.79 Å². The first-order valence-electron chi connectivity index (χ1n) is 11.1. The van der Waals surface area contributed by atoms with E-state index in [-0.39, 0.29) is 49.2 Å². The van der Waals surface area contributed by atoms with Crippen molar-refractivity contribution in [1.29, 1.82) is 0 Å². The standard InChI is InChI=1S/C24H37N3O5/c1-23(2,3)18-9-7-16(8-10-18)21(30)25-12-11-20(29)26-13-17-14-27(15-19(17)28)22(31)32-24(4,5)6/h7-10,17,19,28H,11-15H2,1-6H3,(H,25,30)(H,26,29)/t17-,19-/m0/s1. The number of amides is 3. The monoisotopic (exact) mass is 447 g/mol. The van der Waals surface area contributed by atoms with Gasteiger partial charge in [-0.1, -0.05) is 32.9 Å². The maximum atomic E-state index is 12.3. The molecule has 1 saturated heterocycles. The minimum absolute atomic E-state index is 0.0178. The summed E-state index contributed by atoms with van der Waals surface area (Å²) in [6.07, 6.45) is -1.06. The molecule has 1 aliphatic rings. The SMILES string of the molecule is CC(C)(C)OC(=O)N1C[C@H](CNC(=O)CCNC(=O)c2ccc(C(C)(C)C)cc2)[C@@H](O)C1. The summed E-state index contributed by atoms with van der Waals surface area (Å²) in [5.41, 5.74) is 1.11. The van der Waals surface area contributed by atoms with Crippen LogP contribution >= 0.6 is 0 Å². The highest BCUT2D eigenvalue weighted by Crippen LogP contribution is 2.22. The number of aliphatic hydroxyl groups is 1. The maximum absolute atomic E-state index is 12.3. The van der Waals surface area contributed by atoms with Crippen molar-refractivity contribution in [3.05, 3.63) is 35.4 Å². The zero-order valence-electron chi connectivity index (χ0n) is 20.0. The minimum atomic E-state index is -0.724. The van der Waals surface area contributed by atoms with Crippen LogP contribution in [0, 0.1) is 5.92 Å². The molecule has 1 aromatic carbocycles. The van der Waals surface area contributed by atoms with Crippen LogP contribution in [0.1, 0.15) is 63.9 Å². The number of hydrogen-bond acceptors (Lipinski definition) is 5. The van der Waals surface area contributed by atoms with Crippen LogP contribution in [-0.2, 0) is 14.9 Å². The van der Waals surface area contributed by atoms with E-state index in [1.54, 1.807) is 32.9 Å². The van der Waals surface area contributed by atoms with E-state index in [2.05, 4.69) is 31.4 Å². The number of likely N-dealkylation sites (tertiary alicyclic amines) is 1. The van der Waals surface area contributed by atoms with Crippen molar-refractivity contribution in [1.82, 2.24) is 15.5 Å². The van der Waals surface area contributed by atoms with Crippen LogP contribution < -0.4 is 10.6 Å². The van der Waals surface area contributed by atoms with Crippen LogP contribution in [0.5, 0.6) is 0 Å². The number of rotatable bonds is 6. The number of nitrogens with zero attached hydrogens (tertiary/aromatic N) is 1. The Morgan fingerprint density at radius 2 is 1.66 bits per heavy atom. The summed E-state index contributed by atoms with van der Waals surface area (Å²) >= 11 is 0. The Kier molecular flexibility index (Phi) is 8.29. The fourth-order valence-corrected chi connectivity index (χ4v) is 3.38. The molecule has 2 rings (SSSR count). The van der Waals surface area contributed by atoms with Gasteiger partial charge >= 0.3 is 6.09 Å². The maximum Gasteiger partial charge on any atom is 0.410 e. The highest BCUT2D eigenvalue weighted by molar-refractivity contribution is 5.94. The quantitative estimate of drug-likeness (QED) is 0.621. The van der Waals surface area contributed by atoms with Gasteiger partial charge in [0.25, 0.3) is 5.91 Å². The number of carbonyl (C=O) groups is 3. The molecule has 1 fully saturated rings. The molecule has 0 saturated carbocycles. The largest absolute Gasteiger partial charge is 0.444 e. The zero-order chi connectivity index (χ0) is 24.1. The topological polar surface area (TPSA) is 108 Å². The van der Waals surface area contributed by atoms with Crippen LogP contribution in [0.25, 0.3) is 0 Å². The van der Waals surface area contributed by atoms with Crippen LogP contribution in [0.4, 0.5) is 4.79 Å². The number of carbonyl (C=O) groups excluding carboxylic acids is 3. The number of nitrogens with one attached hydrogen (secondary N) is 2. The third kappa shape index (κ3) is 7.82. The number of ether oxygens (including phenoxy) is 1. The Morgan fingerprint density at radius 3 is 2.22 bits per heavy atom. The summed E-state index contributed by atoms with van der Waals surface area (Å²) < 4.78 is 5.33. The predicted molar refractivity (Wildman–Crippen MR) is 122 cm³/mol. The molecule has 0 radical (unpaired) electrons. The molecule has 0 unspecified atom stereocenters. The Morgan fingerprint density at radius 1 is 1.03 bits per heavy atom. The fraction of sp³-hybridized carbons (Fsp3) is 0.625. The Bertz CT molecular complexity index is 808. The molecule has 0 aliphatic carbocycles. The van der Waals surface area contributed by atoms with Crippen LogP contribution in [-0.4, -0.2) is 65.8 Å². The van der Waals surface area contributed by atoms with E-state index in [0.29, 0.717) is 12.1 Å². The number of aliphatic hydroxyl groups excluding tert-OH is 1. The first-order valence-corrected chi connectivity index (χ1v) is 11.1. The lowest BCUT2D eigenvalue weighted by atomic mass is 9.87. The molecule has 8 nitrogen and oxygen atoms in total. The van der Waals surface area contributed by atoms with Crippen LogP contribution in [0.3, 0.4) is 0 Å². The summed E-state index contributed by atoms with van der Waals surface area (Å²) in [6, 6.07) is 7.45. The molecule has 0 bridgehead atoms. The minimum Gasteiger partial charge on any atom is -0.444 e. The summed E-state index contributed by atoms with van der Waals surface area (Å²) in [5, 5.41) is 15.7. The second kappa shape index (κ2) is 10.3. The second-order valence-corrected chi connectivity index (χ2v) is 10.4. The van der Waals surface area contributed by atoms with E-state index < -0.39 is 17.8 Å². The lowest BCUT2D eigenvalue weighted by Crippen LogP contribution is -2.37. The van der Waals surface area contributed by atoms with Crippen molar-refractivity contribution >= 4 is 17.9 Å². The molecule has 3 amide bonds. The lowest BCUT2D eigenvalue weighted by Gasteiger charge is -2.24. The third-order valence-electron chi connectivity index (χ3n) is 5.27. The van der Waals surface area contributed by atoms with Crippen molar-refractivity contribution in [2.24, 2.45) is 5.92 Å². The predicted octanol–water partition coefficient (Wildman–Crippen LogP) is 2.45.